The first-order chi connectivity index (χ1) is 13.7. The number of aliphatic imine (C=N–C) groups is 1. The second-order valence-electron chi connectivity index (χ2n) is 8.14. The molecule has 0 unspecified atom stereocenters. The molecule has 3 aliphatic rings. The molecule has 160 valence electrons. The maximum atomic E-state index is 12.8. The first kappa shape index (κ1) is 22.3. The van der Waals surface area contributed by atoms with Crippen LogP contribution >= 0.6 is 24.0 Å². The fraction of sp³-hybridized carbons (Fsp3) is 0.636. The van der Waals surface area contributed by atoms with Crippen molar-refractivity contribution in [1.29, 1.82) is 0 Å². The molecule has 1 aromatic carbocycles. The van der Waals surface area contributed by atoms with E-state index >= 15 is 0 Å². The third-order valence-corrected chi connectivity index (χ3v) is 6.03. The van der Waals surface area contributed by atoms with Gasteiger partial charge in [0.1, 0.15) is 0 Å². The van der Waals surface area contributed by atoms with Crippen LogP contribution in [0.25, 0.3) is 0 Å². The van der Waals surface area contributed by atoms with Crippen molar-refractivity contribution >= 4 is 41.5 Å². The molecule has 0 radical (unpaired) electrons. The number of carbonyl (C=O) groups excluding carboxylic acids is 1. The van der Waals surface area contributed by atoms with Crippen molar-refractivity contribution in [2.24, 2.45) is 10.9 Å². The van der Waals surface area contributed by atoms with Gasteiger partial charge in [0.2, 0.25) is 5.91 Å². The van der Waals surface area contributed by atoms with Crippen molar-refractivity contribution in [2.45, 2.75) is 44.6 Å². The number of ether oxygens (including phenoxy) is 1. The van der Waals surface area contributed by atoms with Gasteiger partial charge >= 0.3 is 0 Å². The summed E-state index contributed by atoms with van der Waals surface area (Å²) < 4.78 is 6.03. The van der Waals surface area contributed by atoms with Crippen LogP contribution in [0.15, 0.2) is 29.3 Å². The van der Waals surface area contributed by atoms with Gasteiger partial charge in [-0.2, -0.15) is 0 Å². The van der Waals surface area contributed by atoms with Crippen molar-refractivity contribution in [3.63, 3.8) is 0 Å². The van der Waals surface area contributed by atoms with Crippen LogP contribution in [0.2, 0.25) is 0 Å². The maximum absolute atomic E-state index is 12.8. The second-order valence-corrected chi connectivity index (χ2v) is 8.14. The van der Waals surface area contributed by atoms with E-state index in [-0.39, 0.29) is 36.4 Å². The van der Waals surface area contributed by atoms with Gasteiger partial charge in [0.25, 0.3) is 0 Å². The third-order valence-electron chi connectivity index (χ3n) is 6.03. The monoisotopic (exact) mass is 512 g/mol. The number of guanidine groups is 1. The van der Waals surface area contributed by atoms with E-state index < -0.39 is 0 Å². The number of likely N-dealkylation sites (tertiary alicyclic amines) is 1. The summed E-state index contributed by atoms with van der Waals surface area (Å²) in [6.07, 6.45) is 7.18. The number of piperidine rings is 1. The number of hydrogen-bond donors (Lipinski definition) is 1. The molecular formula is C22H33IN4O2. The minimum absolute atomic E-state index is 0. The molecule has 0 bridgehead atoms. The summed E-state index contributed by atoms with van der Waals surface area (Å²) >= 11 is 0. The molecule has 4 rings (SSSR count). The lowest BCUT2D eigenvalue weighted by Gasteiger charge is -2.34. The molecule has 0 aromatic heterocycles. The minimum atomic E-state index is 0. The van der Waals surface area contributed by atoms with E-state index in [0.29, 0.717) is 6.10 Å². The third kappa shape index (κ3) is 5.84. The number of amides is 1. The van der Waals surface area contributed by atoms with Gasteiger partial charge in [-0.1, -0.05) is 18.2 Å². The number of hydrogen-bond acceptors (Lipinski definition) is 3. The summed E-state index contributed by atoms with van der Waals surface area (Å²) in [5.41, 5.74) is 2.32. The van der Waals surface area contributed by atoms with Crippen LogP contribution in [-0.4, -0.2) is 62.7 Å². The normalized spacial score (nSPS) is 20.1. The van der Waals surface area contributed by atoms with E-state index in [1.807, 2.05) is 23.1 Å². The lowest BCUT2D eigenvalue weighted by atomic mass is 10.0. The molecule has 1 aliphatic carbocycles. The first-order valence-corrected chi connectivity index (χ1v) is 10.7. The molecule has 2 aliphatic heterocycles. The fourth-order valence-electron chi connectivity index (χ4n) is 4.17. The zero-order valence-electron chi connectivity index (χ0n) is 17.3. The fourth-order valence-corrected chi connectivity index (χ4v) is 4.17. The number of carbonyl (C=O) groups is 1. The number of anilines is 1. The Hall–Kier alpha value is -1.35. The number of nitrogens with zero attached hydrogens (tertiary/aromatic N) is 3. The highest BCUT2D eigenvalue weighted by Crippen LogP contribution is 2.30. The maximum Gasteiger partial charge on any atom is 0.246 e. The van der Waals surface area contributed by atoms with Gasteiger partial charge in [-0.25, -0.2) is 0 Å². The van der Waals surface area contributed by atoms with Crippen LogP contribution < -0.4 is 10.2 Å². The number of rotatable bonds is 5. The van der Waals surface area contributed by atoms with Gasteiger partial charge in [-0.05, 0) is 56.1 Å². The molecule has 2 heterocycles. The van der Waals surface area contributed by atoms with Crippen LogP contribution in [0, 0.1) is 5.92 Å². The molecular weight excluding hydrogens is 479 g/mol. The molecule has 0 atom stereocenters. The Morgan fingerprint density at radius 1 is 1.17 bits per heavy atom. The van der Waals surface area contributed by atoms with E-state index in [1.165, 1.54) is 18.4 Å². The van der Waals surface area contributed by atoms with E-state index in [1.54, 1.807) is 7.05 Å². The summed E-state index contributed by atoms with van der Waals surface area (Å²) in [5, 5.41) is 3.29. The number of benzene rings is 1. The SMILES string of the molecule is CN=C(NCC(=O)N1CCCc2ccccc21)N1CCC(OCC2CC2)CC1.I. The van der Waals surface area contributed by atoms with Gasteiger partial charge in [0, 0.05) is 39.0 Å². The first-order valence-electron chi connectivity index (χ1n) is 10.7. The van der Waals surface area contributed by atoms with Gasteiger partial charge in [0.05, 0.1) is 12.6 Å². The molecule has 1 aromatic rings. The molecule has 1 N–H and O–H groups in total. The summed E-state index contributed by atoms with van der Waals surface area (Å²) in [6.45, 7) is 3.86. The average molecular weight is 512 g/mol. The molecule has 1 saturated heterocycles. The molecule has 0 spiro atoms. The minimum Gasteiger partial charge on any atom is -0.378 e. The van der Waals surface area contributed by atoms with E-state index in [2.05, 4.69) is 21.3 Å². The molecule has 1 saturated carbocycles. The summed E-state index contributed by atoms with van der Waals surface area (Å²) in [4.78, 5) is 21.4. The standard InChI is InChI=1S/C22H32N4O2.HI/c1-23-22(25-13-10-19(11-14-25)28-16-17-8-9-17)24-15-21(27)26-12-4-6-18-5-2-3-7-20(18)26;/h2-3,5,7,17,19H,4,6,8-16H2,1H3,(H,23,24);1H. The number of aryl methyl sites for hydroxylation is 1. The van der Waals surface area contributed by atoms with Gasteiger partial charge < -0.3 is 19.9 Å². The number of halogens is 1. The highest BCUT2D eigenvalue weighted by Gasteiger charge is 2.27. The largest absolute Gasteiger partial charge is 0.378 e. The summed E-state index contributed by atoms with van der Waals surface area (Å²) in [7, 11) is 1.79. The number of para-hydroxylation sites is 1. The molecule has 1 amide bonds. The summed E-state index contributed by atoms with van der Waals surface area (Å²) in [6, 6.07) is 8.22. The topological polar surface area (TPSA) is 57.2 Å². The Bertz CT molecular complexity index is 715. The predicted molar refractivity (Wildman–Crippen MR) is 127 cm³/mol. The lowest BCUT2D eigenvalue weighted by molar-refractivity contribution is -0.117. The van der Waals surface area contributed by atoms with Gasteiger partial charge in [-0.3, -0.25) is 9.79 Å². The Labute approximate surface area is 191 Å². The number of fused-ring (bicyclic) bond motifs is 1. The highest BCUT2D eigenvalue weighted by atomic mass is 127. The lowest BCUT2D eigenvalue weighted by Crippen LogP contribution is -2.50. The van der Waals surface area contributed by atoms with Crippen molar-refractivity contribution in [3.8, 4) is 0 Å². The quantitative estimate of drug-likeness (QED) is 0.375. The van der Waals surface area contributed by atoms with Crippen LogP contribution in [-0.2, 0) is 16.0 Å². The highest BCUT2D eigenvalue weighted by molar-refractivity contribution is 14.0. The van der Waals surface area contributed by atoms with Crippen molar-refractivity contribution in [3.05, 3.63) is 29.8 Å². The number of nitrogens with one attached hydrogen (secondary N) is 1. The van der Waals surface area contributed by atoms with E-state index in [0.717, 1.165) is 69.5 Å². The Morgan fingerprint density at radius 3 is 2.66 bits per heavy atom. The van der Waals surface area contributed by atoms with Crippen molar-refractivity contribution < 1.29 is 9.53 Å². The zero-order valence-corrected chi connectivity index (χ0v) is 19.6. The van der Waals surface area contributed by atoms with Gasteiger partial charge in [-0.15, -0.1) is 24.0 Å². The second kappa shape index (κ2) is 10.6. The molecule has 29 heavy (non-hydrogen) atoms. The molecule has 6 nitrogen and oxygen atoms in total. The van der Waals surface area contributed by atoms with E-state index in [4.69, 9.17) is 4.74 Å². The average Bonchev–Trinajstić information content (AvgIpc) is 3.57. The van der Waals surface area contributed by atoms with Crippen LogP contribution in [0.3, 0.4) is 0 Å². The van der Waals surface area contributed by atoms with Crippen LogP contribution in [0.5, 0.6) is 0 Å². The Morgan fingerprint density at radius 2 is 1.93 bits per heavy atom. The van der Waals surface area contributed by atoms with E-state index in [9.17, 15) is 4.79 Å². The smallest absolute Gasteiger partial charge is 0.246 e. The Kier molecular flexibility index (Phi) is 8.17. The molecule has 2 fully saturated rings. The van der Waals surface area contributed by atoms with Crippen LogP contribution in [0.4, 0.5) is 5.69 Å². The van der Waals surface area contributed by atoms with Gasteiger partial charge in [0.15, 0.2) is 5.96 Å². The Balaban J connectivity index is 0.00000240. The van der Waals surface area contributed by atoms with Crippen molar-refractivity contribution in [2.75, 3.05) is 44.7 Å². The zero-order chi connectivity index (χ0) is 19.3. The van der Waals surface area contributed by atoms with Crippen LogP contribution in [0.1, 0.15) is 37.7 Å². The summed E-state index contributed by atoms with van der Waals surface area (Å²) in [5.74, 6) is 1.74. The predicted octanol–water partition coefficient (Wildman–Crippen LogP) is 3.05. The van der Waals surface area contributed by atoms with Crippen molar-refractivity contribution in [1.82, 2.24) is 10.2 Å². The molecule has 7 heteroatoms.